The standard InChI is InChI=1S/C14H12N2O/c1-9-3-4-12-8-13(6-5-11(12)7-9)14-16-15-10(2)17-14/h3-8H,1-2H3. The highest BCUT2D eigenvalue weighted by atomic mass is 16.4. The molecule has 0 atom stereocenters. The lowest BCUT2D eigenvalue weighted by atomic mass is 10.0. The van der Waals surface area contributed by atoms with Crippen molar-refractivity contribution in [1.82, 2.24) is 10.2 Å². The van der Waals surface area contributed by atoms with Crippen LogP contribution in [0.25, 0.3) is 22.2 Å². The molecular formula is C14H12N2O. The van der Waals surface area contributed by atoms with Gasteiger partial charge in [-0.2, -0.15) is 0 Å². The second-order valence-electron chi connectivity index (χ2n) is 4.19. The maximum atomic E-state index is 5.42. The molecule has 0 aliphatic rings. The Kier molecular flexibility index (Phi) is 2.18. The fraction of sp³-hybridized carbons (Fsp3) is 0.143. The highest BCUT2D eigenvalue weighted by Gasteiger charge is 2.06. The SMILES string of the molecule is Cc1ccc2cc(-c3nnc(C)o3)ccc2c1. The fourth-order valence-electron chi connectivity index (χ4n) is 1.91. The summed E-state index contributed by atoms with van der Waals surface area (Å²) in [5.41, 5.74) is 2.22. The molecule has 0 saturated heterocycles. The average Bonchev–Trinajstić information content (AvgIpc) is 2.75. The summed E-state index contributed by atoms with van der Waals surface area (Å²) in [6, 6.07) is 12.5. The third-order valence-electron chi connectivity index (χ3n) is 2.77. The Labute approximate surface area is 99.1 Å². The largest absolute Gasteiger partial charge is 0.421 e. The van der Waals surface area contributed by atoms with Crippen LogP contribution < -0.4 is 0 Å². The predicted octanol–water partition coefficient (Wildman–Crippen LogP) is 3.51. The zero-order chi connectivity index (χ0) is 11.8. The molecule has 0 amide bonds. The zero-order valence-electron chi connectivity index (χ0n) is 9.77. The molecule has 0 spiro atoms. The van der Waals surface area contributed by atoms with Crippen molar-refractivity contribution in [1.29, 1.82) is 0 Å². The van der Waals surface area contributed by atoms with Crippen LogP contribution in [-0.2, 0) is 0 Å². The maximum absolute atomic E-state index is 5.42. The summed E-state index contributed by atoms with van der Waals surface area (Å²) < 4.78 is 5.42. The van der Waals surface area contributed by atoms with E-state index in [9.17, 15) is 0 Å². The van der Waals surface area contributed by atoms with E-state index in [0.717, 1.165) is 5.56 Å². The summed E-state index contributed by atoms with van der Waals surface area (Å²) in [7, 11) is 0. The van der Waals surface area contributed by atoms with Gasteiger partial charge in [0.15, 0.2) is 0 Å². The molecule has 3 heteroatoms. The van der Waals surface area contributed by atoms with Gasteiger partial charge in [-0.25, -0.2) is 0 Å². The van der Waals surface area contributed by atoms with Crippen LogP contribution in [0.1, 0.15) is 11.5 Å². The molecule has 0 unspecified atom stereocenters. The summed E-state index contributed by atoms with van der Waals surface area (Å²) in [5, 5.41) is 10.3. The summed E-state index contributed by atoms with van der Waals surface area (Å²) in [4.78, 5) is 0. The van der Waals surface area contributed by atoms with Gasteiger partial charge < -0.3 is 4.42 Å². The molecule has 3 nitrogen and oxygen atoms in total. The van der Waals surface area contributed by atoms with Crippen LogP contribution in [0.5, 0.6) is 0 Å². The first-order chi connectivity index (χ1) is 8.22. The summed E-state index contributed by atoms with van der Waals surface area (Å²) in [6.45, 7) is 3.88. The lowest BCUT2D eigenvalue weighted by Crippen LogP contribution is -1.80. The first kappa shape index (κ1) is 10.0. The number of hydrogen-bond donors (Lipinski definition) is 0. The van der Waals surface area contributed by atoms with Gasteiger partial charge >= 0.3 is 0 Å². The van der Waals surface area contributed by atoms with Crippen LogP contribution in [0, 0.1) is 13.8 Å². The van der Waals surface area contributed by atoms with E-state index in [1.165, 1.54) is 16.3 Å². The van der Waals surface area contributed by atoms with Crippen molar-refractivity contribution in [3.63, 3.8) is 0 Å². The van der Waals surface area contributed by atoms with Crippen LogP contribution in [0.3, 0.4) is 0 Å². The van der Waals surface area contributed by atoms with Gasteiger partial charge in [-0.15, -0.1) is 10.2 Å². The molecule has 0 aliphatic heterocycles. The van der Waals surface area contributed by atoms with Crippen molar-refractivity contribution < 1.29 is 4.42 Å². The minimum absolute atomic E-state index is 0.574. The predicted molar refractivity (Wildman–Crippen MR) is 66.7 cm³/mol. The van der Waals surface area contributed by atoms with Gasteiger partial charge in [0, 0.05) is 12.5 Å². The smallest absolute Gasteiger partial charge is 0.247 e. The molecule has 1 aromatic heterocycles. The second kappa shape index (κ2) is 3.70. The summed E-state index contributed by atoms with van der Waals surface area (Å²) in [5.74, 6) is 1.16. The monoisotopic (exact) mass is 224 g/mol. The van der Waals surface area contributed by atoms with Crippen molar-refractivity contribution in [3.8, 4) is 11.5 Å². The molecule has 0 bridgehead atoms. The summed E-state index contributed by atoms with van der Waals surface area (Å²) >= 11 is 0. The van der Waals surface area contributed by atoms with Crippen LogP contribution in [0.4, 0.5) is 0 Å². The van der Waals surface area contributed by atoms with E-state index in [0.29, 0.717) is 11.8 Å². The molecule has 3 aromatic rings. The van der Waals surface area contributed by atoms with Crippen LogP contribution in [0.15, 0.2) is 40.8 Å². The topological polar surface area (TPSA) is 38.9 Å². The molecule has 0 aliphatic carbocycles. The van der Waals surface area contributed by atoms with Crippen molar-refractivity contribution in [2.45, 2.75) is 13.8 Å². The normalized spacial score (nSPS) is 10.9. The number of fused-ring (bicyclic) bond motifs is 1. The van der Waals surface area contributed by atoms with Crippen molar-refractivity contribution >= 4 is 10.8 Å². The van der Waals surface area contributed by atoms with Crippen molar-refractivity contribution in [2.24, 2.45) is 0 Å². The minimum atomic E-state index is 0.574. The minimum Gasteiger partial charge on any atom is -0.421 e. The molecule has 84 valence electrons. The molecule has 2 aromatic carbocycles. The van der Waals surface area contributed by atoms with E-state index in [-0.39, 0.29) is 0 Å². The lowest BCUT2D eigenvalue weighted by molar-refractivity contribution is 0.533. The van der Waals surface area contributed by atoms with E-state index in [1.54, 1.807) is 6.92 Å². The number of rotatable bonds is 1. The second-order valence-corrected chi connectivity index (χ2v) is 4.19. The third kappa shape index (κ3) is 1.80. The summed E-state index contributed by atoms with van der Waals surface area (Å²) in [6.07, 6.45) is 0. The van der Waals surface area contributed by atoms with Crippen molar-refractivity contribution in [3.05, 3.63) is 47.9 Å². The van der Waals surface area contributed by atoms with Gasteiger partial charge in [-0.1, -0.05) is 29.8 Å². The van der Waals surface area contributed by atoms with E-state index in [1.807, 2.05) is 6.07 Å². The van der Waals surface area contributed by atoms with Gasteiger partial charge in [0.1, 0.15) is 0 Å². The molecule has 0 saturated carbocycles. The molecule has 3 rings (SSSR count). The molecule has 1 heterocycles. The Morgan fingerprint density at radius 3 is 2.41 bits per heavy atom. The van der Waals surface area contributed by atoms with Gasteiger partial charge in [0.2, 0.25) is 11.8 Å². The van der Waals surface area contributed by atoms with Gasteiger partial charge in [0.25, 0.3) is 0 Å². The van der Waals surface area contributed by atoms with Gasteiger partial charge in [0.05, 0.1) is 0 Å². The zero-order valence-corrected chi connectivity index (χ0v) is 9.77. The highest BCUT2D eigenvalue weighted by Crippen LogP contribution is 2.24. The highest BCUT2D eigenvalue weighted by molar-refractivity contribution is 5.86. The average molecular weight is 224 g/mol. The van der Waals surface area contributed by atoms with E-state index in [4.69, 9.17) is 4.42 Å². The first-order valence-corrected chi connectivity index (χ1v) is 5.53. The molecule has 0 N–H and O–H groups in total. The first-order valence-electron chi connectivity index (χ1n) is 5.53. The Morgan fingerprint density at radius 2 is 1.65 bits per heavy atom. The van der Waals surface area contributed by atoms with E-state index < -0.39 is 0 Å². The number of nitrogens with zero attached hydrogens (tertiary/aromatic N) is 2. The van der Waals surface area contributed by atoms with Gasteiger partial charge in [-0.3, -0.25) is 0 Å². The molecular weight excluding hydrogens is 212 g/mol. The molecule has 0 fully saturated rings. The van der Waals surface area contributed by atoms with Crippen LogP contribution >= 0.6 is 0 Å². The Bertz CT molecular complexity index is 686. The van der Waals surface area contributed by atoms with E-state index >= 15 is 0 Å². The lowest BCUT2D eigenvalue weighted by Gasteiger charge is -2.01. The third-order valence-corrected chi connectivity index (χ3v) is 2.77. The maximum Gasteiger partial charge on any atom is 0.247 e. The number of aryl methyl sites for hydroxylation is 2. The van der Waals surface area contributed by atoms with Crippen LogP contribution in [-0.4, -0.2) is 10.2 Å². The Morgan fingerprint density at radius 1 is 0.882 bits per heavy atom. The molecule has 0 radical (unpaired) electrons. The van der Waals surface area contributed by atoms with Gasteiger partial charge in [-0.05, 0) is 29.8 Å². The van der Waals surface area contributed by atoms with Crippen molar-refractivity contribution in [2.75, 3.05) is 0 Å². The van der Waals surface area contributed by atoms with Crippen LogP contribution in [0.2, 0.25) is 0 Å². The number of benzene rings is 2. The Balaban J connectivity index is 2.16. The number of hydrogen-bond acceptors (Lipinski definition) is 3. The molecule has 17 heavy (non-hydrogen) atoms. The quantitative estimate of drug-likeness (QED) is 0.635. The number of aromatic nitrogens is 2. The Hall–Kier alpha value is -2.16. The fourth-order valence-corrected chi connectivity index (χ4v) is 1.91. The van der Waals surface area contributed by atoms with E-state index in [2.05, 4.69) is 47.5 Å².